The van der Waals surface area contributed by atoms with Crippen molar-refractivity contribution in [3.8, 4) is 0 Å². The highest BCUT2D eigenvalue weighted by atomic mass is 35.6. The van der Waals surface area contributed by atoms with Gasteiger partial charge in [0.25, 0.3) is 7.63 Å². The first kappa shape index (κ1) is 40.2. The highest BCUT2D eigenvalue weighted by Gasteiger charge is 2.65. The molecule has 0 rings (SSSR count). The lowest BCUT2D eigenvalue weighted by Crippen LogP contribution is -2.71. The van der Waals surface area contributed by atoms with Crippen molar-refractivity contribution in [2.75, 3.05) is 0 Å². The summed E-state index contributed by atoms with van der Waals surface area (Å²) in [5.41, 5.74) is 2.31. The van der Waals surface area contributed by atoms with E-state index in [4.69, 9.17) is 27.5 Å². The molecule has 0 fully saturated rings. The molecule has 0 aromatic rings. The fourth-order valence-corrected chi connectivity index (χ4v) is 38.4. The molecule has 0 radical (unpaired) electrons. The zero-order valence-corrected chi connectivity index (χ0v) is 35.3. The van der Waals surface area contributed by atoms with E-state index in [1.807, 2.05) is 0 Å². The molecule has 236 valence electrons. The molecule has 4 nitrogen and oxygen atoms in total. The molecule has 0 aliphatic heterocycles. The topological polar surface area (TPSA) is 36.9 Å². The Balaban J connectivity index is 7.80. The molecule has 0 aliphatic rings. The minimum atomic E-state index is -3.73. The normalized spacial score (nSPS) is 15.1. The van der Waals surface area contributed by atoms with Crippen LogP contribution in [0.15, 0.2) is 0 Å². The summed E-state index contributed by atoms with van der Waals surface area (Å²) in [6.07, 6.45) is 0. The van der Waals surface area contributed by atoms with Crippen LogP contribution in [-0.2, 0) is 16.5 Å². The number of rotatable bonds is 18. The van der Waals surface area contributed by atoms with Crippen LogP contribution in [0.4, 0.5) is 0 Å². The van der Waals surface area contributed by atoms with Crippen LogP contribution in [0.1, 0.15) is 111 Å². The fourth-order valence-electron chi connectivity index (χ4n) is 7.25. The van der Waals surface area contributed by atoms with Gasteiger partial charge in [-0.05, 0) is 76.8 Å². The van der Waals surface area contributed by atoms with Crippen molar-refractivity contribution >= 4 is 52.7 Å². The molecule has 0 aliphatic carbocycles. The second kappa shape index (κ2) is 15.3. The first-order valence-corrected chi connectivity index (χ1v) is 28.5. The predicted molar refractivity (Wildman–Crippen MR) is 186 cm³/mol. The molecule has 0 N–H and O–H groups in total. The van der Waals surface area contributed by atoms with Gasteiger partial charge in [-0.3, -0.25) is 0 Å². The van der Waals surface area contributed by atoms with E-state index in [1.165, 1.54) is 0 Å². The highest BCUT2D eigenvalue weighted by Crippen LogP contribution is 2.50. The first-order valence-electron chi connectivity index (χ1n) is 15.8. The molecule has 0 spiro atoms. The van der Waals surface area contributed by atoms with Crippen LogP contribution in [0.2, 0.25) is 65.0 Å². The van der Waals surface area contributed by atoms with Crippen molar-refractivity contribution in [2.24, 2.45) is 11.8 Å². The molecule has 10 heteroatoms. The van der Waals surface area contributed by atoms with Gasteiger partial charge in [0.2, 0.25) is 0 Å². The van der Waals surface area contributed by atoms with Gasteiger partial charge in [0.05, 0.1) is 0 Å². The van der Waals surface area contributed by atoms with Crippen LogP contribution in [0, 0.1) is 11.8 Å². The zero-order valence-electron chi connectivity index (χ0n) is 29.5. The minimum absolute atomic E-state index is 0.386. The third-order valence-corrected chi connectivity index (χ3v) is 34.2. The van der Waals surface area contributed by atoms with E-state index in [1.54, 1.807) is 0 Å². The van der Waals surface area contributed by atoms with Crippen LogP contribution in [0.3, 0.4) is 0 Å². The Morgan fingerprint density at radius 1 is 0.436 bits per heavy atom. The summed E-state index contributed by atoms with van der Waals surface area (Å²) in [5.74, 6) is 0.854. The second-order valence-electron chi connectivity index (χ2n) is 15.7. The molecular weight excluding hydrogens is 588 g/mol. The smallest absolute Gasteiger partial charge is 0.396 e. The van der Waals surface area contributed by atoms with Crippen molar-refractivity contribution in [3.05, 3.63) is 0 Å². The SMILES string of the molecule is CC(C)C[Si](Cl)(CC(C)C)O[Si](O[Si](C)(C)C)(O[Si](C(C)C)(C(C)C)C(C)C)O[Si](C(C)C)(C(C)C)C(C)C. The van der Waals surface area contributed by atoms with Crippen LogP contribution >= 0.6 is 11.1 Å². The molecule has 0 saturated carbocycles. The second-order valence-corrected chi connectivity index (χ2v) is 39.2. The van der Waals surface area contributed by atoms with Gasteiger partial charge in [-0.25, -0.2) is 0 Å². The Morgan fingerprint density at radius 2 is 0.692 bits per heavy atom. The van der Waals surface area contributed by atoms with Crippen LogP contribution in [0.5, 0.6) is 0 Å². The minimum Gasteiger partial charge on any atom is -0.396 e. The molecule has 0 saturated heterocycles. The lowest BCUT2D eigenvalue weighted by atomic mass is 10.3. The van der Waals surface area contributed by atoms with Gasteiger partial charge in [-0.2, -0.15) is 0 Å². The molecule has 0 bridgehead atoms. The summed E-state index contributed by atoms with van der Waals surface area (Å²) in [6.45, 7) is 43.8. The monoisotopic (exact) mass is 656 g/mol. The predicted octanol–water partition coefficient (Wildman–Crippen LogP) is 11.7. The van der Waals surface area contributed by atoms with Gasteiger partial charge in [0.1, 0.15) is 0 Å². The summed E-state index contributed by atoms with van der Waals surface area (Å²) < 4.78 is 30.4. The average Bonchev–Trinajstić information content (AvgIpc) is 2.65. The molecule has 0 unspecified atom stereocenters. The van der Waals surface area contributed by atoms with Gasteiger partial charge in [-0.1, -0.05) is 111 Å². The molecule has 0 amide bonds. The van der Waals surface area contributed by atoms with Crippen LogP contribution < -0.4 is 0 Å². The maximum Gasteiger partial charge on any atom is 0.637 e. The van der Waals surface area contributed by atoms with Crippen LogP contribution in [-0.4, -0.2) is 41.6 Å². The van der Waals surface area contributed by atoms with Crippen molar-refractivity contribution in [2.45, 2.75) is 176 Å². The fraction of sp³-hybridized carbons (Fsp3) is 1.00. The number of hydrogen-bond donors (Lipinski definition) is 0. The van der Waals surface area contributed by atoms with Gasteiger partial charge in [0, 0.05) is 0 Å². The first-order chi connectivity index (χ1) is 17.3. The molecule has 0 atom stereocenters. The molecule has 0 aromatic heterocycles. The Kier molecular flexibility index (Phi) is 15.8. The summed E-state index contributed by atoms with van der Waals surface area (Å²) >= 11 is 7.74. The third-order valence-electron chi connectivity index (χ3n) is 8.18. The van der Waals surface area contributed by atoms with Crippen molar-refractivity contribution in [3.63, 3.8) is 0 Å². The van der Waals surface area contributed by atoms with Gasteiger partial charge in [-0.15, -0.1) is 11.1 Å². The van der Waals surface area contributed by atoms with E-state index >= 15 is 0 Å². The largest absolute Gasteiger partial charge is 0.637 e. The molecular formula is C29H69ClO4Si5. The van der Waals surface area contributed by atoms with E-state index in [9.17, 15) is 0 Å². The maximum atomic E-state index is 7.78. The average molecular weight is 658 g/mol. The number of hydrogen-bond acceptors (Lipinski definition) is 4. The zero-order chi connectivity index (χ0) is 31.4. The van der Waals surface area contributed by atoms with Gasteiger partial charge >= 0.3 is 9.05 Å². The quantitative estimate of drug-likeness (QED) is 0.109. The summed E-state index contributed by atoms with van der Waals surface area (Å²) in [5, 5.41) is 0. The Hall–Kier alpha value is 1.21. The molecule has 39 heavy (non-hydrogen) atoms. The maximum absolute atomic E-state index is 7.78. The highest BCUT2D eigenvalue weighted by molar-refractivity contribution is 7.19. The van der Waals surface area contributed by atoms with E-state index < -0.39 is 41.6 Å². The lowest BCUT2D eigenvalue weighted by molar-refractivity contribution is 0.134. The Morgan fingerprint density at radius 3 is 0.872 bits per heavy atom. The van der Waals surface area contributed by atoms with Crippen molar-refractivity contribution in [1.82, 2.24) is 0 Å². The standard InChI is InChI=1S/C29H69ClO4Si5/c1-22(2)20-36(30,21-23(3)4)32-39(31-35(17,18)19,33-37(24(5)6,25(7)8)26(9)10)34-38(27(11)12,28(13)14)29(15)16/h22-29H,20-21H2,1-19H3. The number of halogens is 1. The summed E-state index contributed by atoms with van der Waals surface area (Å²) in [4.78, 5) is 0. The van der Waals surface area contributed by atoms with Crippen molar-refractivity contribution in [1.29, 1.82) is 0 Å². The summed E-state index contributed by atoms with van der Waals surface area (Å²) in [6, 6.07) is 1.73. The third kappa shape index (κ3) is 10.7. The lowest BCUT2D eigenvalue weighted by Gasteiger charge is -2.54. The van der Waals surface area contributed by atoms with Gasteiger partial charge < -0.3 is 16.5 Å². The van der Waals surface area contributed by atoms with Crippen LogP contribution in [0.25, 0.3) is 0 Å². The van der Waals surface area contributed by atoms with E-state index in [0.717, 1.165) is 12.1 Å². The van der Waals surface area contributed by atoms with Crippen molar-refractivity contribution < 1.29 is 16.5 Å². The van der Waals surface area contributed by atoms with E-state index in [0.29, 0.717) is 45.1 Å². The molecule has 0 heterocycles. The molecule has 0 aromatic carbocycles. The Bertz CT molecular complexity index is 633. The van der Waals surface area contributed by atoms with Gasteiger partial charge in [0.15, 0.2) is 25.0 Å². The van der Waals surface area contributed by atoms with E-state index in [2.05, 4.69) is 130 Å². The summed E-state index contributed by atoms with van der Waals surface area (Å²) in [7, 11) is -13.6. The Labute approximate surface area is 255 Å². The van der Waals surface area contributed by atoms with E-state index in [-0.39, 0.29) is 0 Å².